The Morgan fingerprint density at radius 2 is 2.12 bits per heavy atom. The van der Waals surface area contributed by atoms with Gasteiger partial charge in [0.25, 0.3) is 5.91 Å². The summed E-state index contributed by atoms with van der Waals surface area (Å²) in [5, 5.41) is 11.1. The maximum atomic E-state index is 11.8. The molecule has 6 heteroatoms. The highest BCUT2D eigenvalue weighted by atomic mass is 79.9. The summed E-state index contributed by atoms with van der Waals surface area (Å²) in [5.41, 5.74) is 0.331. The molecule has 1 unspecified atom stereocenters. The summed E-state index contributed by atoms with van der Waals surface area (Å²) in [4.78, 5) is 22.4. The van der Waals surface area contributed by atoms with E-state index in [0.29, 0.717) is 15.8 Å². The second-order valence-corrected chi connectivity index (χ2v) is 4.23. The highest BCUT2D eigenvalue weighted by Gasteiger charge is 2.17. The van der Waals surface area contributed by atoms with Gasteiger partial charge in [0.05, 0.1) is 12.7 Å². The van der Waals surface area contributed by atoms with E-state index in [0.717, 1.165) is 0 Å². The Morgan fingerprint density at radius 3 is 2.65 bits per heavy atom. The fraction of sp³-hybridized carbons (Fsp3) is 0.273. The van der Waals surface area contributed by atoms with Crippen LogP contribution in [0.3, 0.4) is 0 Å². The summed E-state index contributed by atoms with van der Waals surface area (Å²) >= 11 is 3.22. The summed E-state index contributed by atoms with van der Waals surface area (Å²) in [7, 11) is 1.49. The number of hydrogen-bond acceptors (Lipinski definition) is 3. The van der Waals surface area contributed by atoms with Gasteiger partial charge >= 0.3 is 5.97 Å². The molecule has 0 aliphatic carbocycles. The second kappa shape index (κ2) is 5.67. The van der Waals surface area contributed by atoms with Crippen LogP contribution in [0.1, 0.15) is 17.3 Å². The third kappa shape index (κ3) is 3.45. The Morgan fingerprint density at radius 1 is 1.47 bits per heavy atom. The Hall–Kier alpha value is -1.56. The Kier molecular flexibility index (Phi) is 4.51. The van der Waals surface area contributed by atoms with Gasteiger partial charge in [-0.1, -0.05) is 0 Å². The fourth-order valence-corrected chi connectivity index (χ4v) is 1.57. The maximum absolute atomic E-state index is 11.8. The van der Waals surface area contributed by atoms with E-state index in [4.69, 9.17) is 9.84 Å². The molecule has 0 aliphatic heterocycles. The number of carboxylic acid groups (broad SMARTS) is 1. The molecule has 0 saturated carbocycles. The van der Waals surface area contributed by atoms with Gasteiger partial charge in [-0.3, -0.25) is 9.59 Å². The third-order valence-electron chi connectivity index (χ3n) is 2.14. The lowest BCUT2D eigenvalue weighted by atomic mass is 10.2. The molecule has 2 N–H and O–H groups in total. The molecule has 0 heterocycles. The molecule has 92 valence electrons. The van der Waals surface area contributed by atoms with Crippen LogP contribution in [0.5, 0.6) is 5.75 Å². The lowest BCUT2D eigenvalue weighted by molar-refractivity contribution is -0.138. The minimum absolute atomic E-state index is 0.331. The number of carbonyl (C=O) groups is 2. The zero-order valence-electron chi connectivity index (χ0n) is 9.36. The van der Waals surface area contributed by atoms with E-state index < -0.39 is 17.9 Å². The van der Waals surface area contributed by atoms with Gasteiger partial charge < -0.3 is 15.2 Å². The van der Waals surface area contributed by atoms with Crippen molar-refractivity contribution >= 4 is 27.8 Å². The smallest absolute Gasteiger partial charge is 0.325 e. The Balaban J connectivity index is 2.91. The highest BCUT2D eigenvalue weighted by molar-refractivity contribution is 9.10. The first-order valence-corrected chi connectivity index (χ1v) is 5.62. The van der Waals surface area contributed by atoms with Crippen LogP contribution < -0.4 is 10.1 Å². The molecule has 1 aromatic rings. The number of rotatable bonds is 4. The maximum Gasteiger partial charge on any atom is 0.325 e. The molecular weight excluding hydrogens is 290 g/mol. The van der Waals surface area contributed by atoms with Gasteiger partial charge in [0.2, 0.25) is 0 Å². The van der Waals surface area contributed by atoms with E-state index in [1.807, 2.05) is 0 Å². The lowest BCUT2D eigenvalue weighted by Crippen LogP contribution is -2.38. The van der Waals surface area contributed by atoms with E-state index in [9.17, 15) is 9.59 Å². The lowest BCUT2D eigenvalue weighted by Gasteiger charge is -2.11. The van der Waals surface area contributed by atoms with Crippen molar-refractivity contribution in [3.8, 4) is 5.75 Å². The van der Waals surface area contributed by atoms with Crippen LogP contribution in [0.15, 0.2) is 22.7 Å². The number of hydrogen-bond donors (Lipinski definition) is 2. The monoisotopic (exact) mass is 301 g/mol. The van der Waals surface area contributed by atoms with Crippen molar-refractivity contribution in [3.63, 3.8) is 0 Å². The van der Waals surface area contributed by atoms with Crippen LogP contribution in [0, 0.1) is 0 Å². The number of nitrogens with one attached hydrogen (secondary N) is 1. The molecule has 0 fully saturated rings. The van der Waals surface area contributed by atoms with E-state index >= 15 is 0 Å². The van der Waals surface area contributed by atoms with Gasteiger partial charge in [-0.05, 0) is 41.1 Å². The van der Waals surface area contributed by atoms with E-state index in [2.05, 4.69) is 21.2 Å². The van der Waals surface area contributed by atoms with Crippen molar-refractivity contribution in [3.05, 3.63) is 28.2 Å². The number of amides is 1. The van der Waals surface area contributed by atoms with Gasteiger partial charge in [0.15, 0.2) is 0 Å². The molecular formula is C11H12BrNO4. The Labute approximate surface area is 107 Å². The van der Waals surface area contributed by atoms with Crippen molar-refractivity contribution in [1.82, 2.24) is 5.32 Å². The van der Waals surface area contributed by atoms with Crippen molar-refractivity contribution in [2.24, 2.45) is 0 Å². The summed E-state index contributed by atoms with van der Waals surface area (Å²) in [6.07, 6.45) is 0. The number of carboxylic acids is 1. The van der Waals surface area contributed by atoms with E-state index in [1.165, 1.54) is 20.1 Å². The number of halogens is 1. The van der Waals surface area contributed by atoms with Gasteiger partial charge in [0.1, 0.15) is 11.8 Å². The molecule has 0 aliphatic rings. The summed E-state index contributed by atoms with van der Waals surface area (Å²) < 4.78 is 5.57. The van der Waals surface area contributed by atoms with Crippen LogP contribution >= 0.6 is 15.9 Å². The largest absolute Gasteiger partial charge is 0.497 e. The van der Waals surface area contributed by atoms with Crippen LogP contribution in [0.25, 0.3) is 0 Å². The minimum Gasteiger partial charge on any atom is -0.497 e. The first kappa shape index (κ1) is 13.5. The first-order valence-electron chi connectivity index (χ1n) is 4.83. The fourth-order valence-electron chi connectivity index (χ4n) is 1.14. The van der Waals surface area contributed by atoms with E-state index in [-0.39, 0.29) is 0 Å². The normalized spacial score (nSPS) is 11.7. The van der Waals surface area contributed by atoms with Gasteiger partial charge in [-0.15, -0.1) is 0 Å². The third-order valence-corrected chi connectivity index (χ3v) is 2.83. The number of benzene rings is 1. The van der Waals surface area contributed by atoms with Crippen LogP contribution in [0.2, 0.25) is 0 Å². The quantitative estimate of drug-likeness (QED) is 0.887. The van der Waals surface area contributed by atoms with Crippen molar-refractivity contribution < 1.29 is 19.4 Å². The van der Waals surface area contributed by atoms with Crippen LogP contribution in [-0.4, -0.2) is 30.1 Å². The minimum atomic E-state index is -1.09. The first-order chi connectivity index (χ1) is 7.95. The molecule has 0 radical (unpaired) electrons. The number of carbonyl (C=O) groups excluding carboxylic acids is 1. The van der Waals surface area contributed by atoms with Crippen LogP contribution in [-0.2, 0) is 4.79 Å². The van der Waals surface area contributed by atoms with Gasteiger partial charge in [-0.2, -0.15) is 0 Å². The average molecular weight is 302 g/mol. The number of methoxy groups -OCH3 is 1. The molecule has 1 atom stereocenters. The summed E-state index contributed by atoms with van der Waals surface area (Å²) in [6, 6.07) is 3.95. The summed E-state index contributed by atoms with van der Waals surface area (Å²) in [5.74, 6) is -1.02. The number of ether oxygens (including phenoxy) is 1. The van der Waals surface area contributed by atoms with Crippen molar-refractivity contribution in [2.45, 2.75) is 13.0 Å². The standard InChI is InChI=1S/C11H12BrNO4/c1-6(11(15)16)13-10(14)8-5-7(17-2)3-4-9(8)12/h3-6H,1-2H3,(H,13,14)(H,15,16). The van der Waals surface area contributed by atoms with Crippen molar-refractivity contribution in [1.29, 1.82) is 0 Å². The molecule has 1 aromatic carbocycles. The number of aliphatic carboxylic acids is 1. The zero-order valence-corrected chi connectivity index (χ0v) is 10.9. The molecule has 1 rings (SSSR count). The average Bonchev–Trinajstić information content (AvgIpc) is 2.29. The van der Waals surface area contributed by atoms with Crippen LogP contribution in [0.4, 0.5) is 0 Å². The molecule has 1 amide bonds. The Bertz CT molecular complexity index is 447. The predicted molar refractivity (Wildman–Crippen MR) is 65.3 cm³/mol. The highest BCUT2D eigenvalue weighted by Crippen LogP contribution is 2.22. The van der Waals surface area contributed by atoms with Gasteiger partial charge in [0, 0.05) is 4.47 Å². The molecule has 0 aromatic heterocycles. The SMILES string of the molecule is COc1ccc(Br)c(C(=O)NC(C)C(=O)O)c1. The second-order valence-electron chi connectivity index (χ2n) is 3.38. The molecule has 17 heavy (non-hydrogen) atoms. The topological polar surface area (TPSA) is 75.6 Å². The zero-order chi connectivity index (χ0) is 13.0. The predicted octanol–water partition coefficient (Wildman–Crippen LogP) is 1.66. The summed E-state index contributed by atoms with van der Waals surface area (Å²) in [6.45, 7) is 1.40. The molecule has 0 bridgehead atoms. The van der Waals surface area contributed by atoms with E-state index in [1.54, 1.807) is 12.1 Å². The molecule has 0 saturated heterocycles. The van der Waals surface area contributed by atoms with Gasteiger partial charge in [-0.25, -0.2) is 0 Å². The molecule has 0 spiro atoms. The molecule has 5 nitrogen and oxygen atoms in total. The van der Waals surface area contributed by atoms with Crippen molar-refractivity contribution in [2.75, 3.05) is 7.11 Å².